The summed E-state index contributed by atoms with van der Waals surface area (Å²) in [6, 6.07) is 1.79. The van der Waals surface area contributed by atoms with Crippen molar-refractivity contribution in [2.75, 3.05) is 0 Å². The van der Waals surface area contributed by atoms with Crippen LogP contribution in [0.4, 0.5) is 0 Å². The van der Waals surface area contributed by atoms with E-state index in [1.807, 2.05) is 0 Å². The Morgan fingerprint density at radius 1 is 1.67 bits per heavy atom. The normalized spacial score (nSPS) is 9.67. The lowest BCUT2D eigenvalue weighted by Crippen LogP contribution is -1.75. The molecule has 0 fully saturated rings. The first kappa shape index (κ1) is 7.38. The second-order valence-corrected chi connectivity index (χ2v) is 3.19. The van der Waals surface area contributed by atoms with Crippen molar-refractivity contribution in [2.45, 2.75) is 4.90 Å². The first-order valence-corrected chi connectivity index (χ1v) is 3.82. The molecule has 0 aliphatic heterocycles. The molecule has 0 atom stereocenters. The van der Waals surface area contributed by atoms with Crippen molar-refractivity contribution in [1.82, 2.24) is 4.98 Å². The van der Waals surface area contributed by atoms with Crippen LogP contribution in [0, 0.1) is 0 Å². The maximum atomic E-state index is 5.59. The number of hydrogen-bond acceptors (Lipinski definition) is 2. The number of aromatic nitrogens is 1. The van der Waals surface area contributed by atoms with E-state index in [-0.39, 0.29) is 0 Å². The molecule has 4 heteroatoms. The Hall–Kier alpha value is 0.270. The maximum Gasteiger partial charge on any atom is 0.143 e. The number of pyridine rings is 1. The Labute approximate surface area is 72.0 Å². The van der Waals surface area contributed by atoms with Crippen LogP contribution in [0.15, 0.2) is 21.6 Å². The van der Waals surface area contributed by atoms with Gasteiger partial charge in [-0.05, 0) is 22.0 Å². The van der Waals surface area contributed by atoms with Gasteiger partial charge in [-0.3, -0.25) is 0 Å². The zero-order chi connectivity index (χ0) is 6.85. The summed E-state index contributed by atoms with van der Waals surface area (Å²) in [7, 11) is 0. The van der Waals surface area contributed by atoms with Gasteiger partial charge in [0.25, 0.3) is 0 Å². The lowest BCUT2D eigenvalue weighted by molar-refractivity contribution is 1.22. The monoisotopic (exact) mass is 223 g/mol. The molecule has 0 spiro atoms. The van der Waals surface area contributed by atoms with E-state index >= 15 is 0 Å². The van der Waals surface area contributed by atoms with Crippen LogP contribution in [-0.4, -0.2) is 4.98 Å². The first-order chi connectivity index (χ1) is 4.20. The van der Waals surface area contributed by atoms with Crippen molar-refractivity contribution in [2.24, 2.45) is 0 Å². The summed E-state index contributed by atoms with van der Waals surface area (Å²) in [5, 5.41) is 0.466. The fourth-order valence-electron chi connectivity index (χ4n) is 0.411. The zero-order valence-electron chi connectivity index (χ0n) is 4.31. The predicted octanol–water partition coefficient (Wildman–Crippen LogP) is 2.79. The third-order valence-electron chi connectivity index (χ3n) is 0.782. The lowest BCUT2D eigenvalue weighted by Gasteiger charge is -1.93. The molecule has 0 saturated carbocycles. The van der Waals surface area contributed by atoms with Gasteiger partial charge in [-0.25, -0.2) is 4.98 Å². The summed E-state index contributed by atoms with van der Waals surface area (Å²) in [5.74, 6) is 0. The highest BCUT2D eigenvalue weighted by Gasteiger charge is 1.95. The quantitative estimate of drug-likeness (QED) is 0.528. The molecule has 0 N–H and O–H groups in total. The standard InChI is InChI=1S/C5H3BrClNS/c6-4-1-3(9)2-8-5(4)7/h1-2,9H. The van der Waals surface area contributed by atoms with Gasteiger partial charge in [0.1, 0.15) is 5.15 Å². The van der Waals surface area contributed by atoms with Crippen LogP contribution in [0.3, 0.4) is 0 Å². The first-order valence-electron chi connectivity index (χ1n) is 2.20. The van der Waals surface area contributed by atoms with E-state index in [0.29, 0.717) is 5.15 Å². The molecule has 48 valence electrons. The van der Waals surface area contributed by atoms with E-state index in [1.54, 1.807) is 12.3 Å². The number of rotatable bonds is 0. The molecule has 0 amide bonds. The highest BCUT2D eigenvalue weighted by atomic mass is 79.9. The van der Waals surface area contributed by atoms with Gasteiger partial charge in [-0.1, -0.05) is 11.6 Å². The van der Waals surface area contributed by atoms with Crippen LogP contribution in [0.5, 0.6) is 0 Å². The van der Waals surface area contributed by atoms with Crippen molar-refractivity contribution in [3.05, 3.63) is 21.9 Å². The van der Waals surface area contributed by atoms with Gasteiger partial charge in [-0.15, -0.1) is 12.6 Å². The van der Waals surface area contributed by atoms with Crippen molar-refractivity contribution in [1.29, 1.82) is 0 Å². The predicted molar refractivity (Wildman–Crippen MR) is 44.2 cm³/mol. The SMILES string of the molecule is Sc1cnc(Cl)c(Br)c1. The minimum atomic E-state index is 0.466. The third kappa shape index (κ3) is 1.85. The second-order valence-electron chi connectivity index (χ2n) is 1.47. The Kier molecular flexibility index (Phi) is 2.38. The van der Waals surface area contributed by atoms with Gasteiger partial charge in [-0.2, -0.15) is 0 Å². The molecule has 1 aromatic rings. The van der Waals surface area contributed by atoms with Crippen LogP contribution in [0.1, 0.15) is 0 Å². The smallest absolute Gasteiger partial charge is 0.143 e. The van der Waals surface area contributed by atoms with Crippen LogP contribution in [-0.2, 0) is 0 Å². The molecule has 0 aliphatic carbocycles. The van der Waals surface area contributed by atoms with Gasteiger partial charge in [0.2, 0.25) is 0 Å². The summed E-state index contributed by atoms with van der Waals surface area (Å²) < 4.78 is 0.775. The van der Waals surface area contributed by atoms with Crippen LogP contribution < -0.4 is 0 Å². The van der Waals surface area contributed by atoms with Gasteiger partial charge >= 0.3 is 0 Å². The third-order valence-corrected chi connectivity index (χ3v) is 2.16. The van der Waals surface area contributed by atoms with E-state index < -0.39 is 0 Å². The highest BCUT2D eigenvalue weighted by molar-refractivity contribution is 9.10. The molecule has 1 rings (SSSR count). The topological polar surface area (TPSA) is 12.9 Å². The summed E-state index contributed by atoms with van der Waals surface area (Å²) in [6.45, 7) is 0. The summed E-state index contributed by atoms with van der Waals surface area (Å²) >= 11 is 12.8. The Morgan fingerprint density at radius 2 is 2.33 bits per heavy atom. The molecule has 0 saturated heterocycles. The van der Waals surface area contributed by atoms with Gasteiger partial charge in [0.05, 0.1) is 4.47 Å². The van der Waals surface area contributed by atoms with Crippen LogP contribution in [0.25, 0.3) is 0 Å². The molecule has 0 radical (unpaired) electrons. The Morgan fingerprint density at radius 3 is 2.78 bits per heavy atom. The fourth-order valence-corrected chi connectivity index (χ4v) is 1.23. The fraction of sp³-hybridized carbons (Fsp3) is 0. The van der Waals surface area contributed by atoms with E-state index in [9.17, 15) is 0 Å². The molecule has 1 heterocycles. The average molecular weight is 225 g/mol. The number of hydrogen-bond donors (Lipinski definition) is 1. The molecule has 0 unspecified atom stereocenters. The maximum absolute atomic E-state index is 5.59. The second kappa shape index (κ2) is 2.90. The molecule has 0 aliphatic rings. The zero-order valence-corrected chi connectivity index (χ0v) is 7.54. The molecular formula is C5H3BrClNS. The Balaban J connectivity index is 3.17. The van der Waals surface area contributed by atoms with E-state index in [0.717, 1.165) is 9.37 Å². The van der Waals surface area contributed by atoms with Crippen molar-refractivity contribution >= 4 is 40.2 Å². The molecule has 1 aromatic heterocycles. The Bertz CT molecular complexity index is 228. The van der Waals surface area contributed by atoms with Crippen molar-refractivity contribution in [3.63, 3.8) is 0 Å². The van der Waals surface area contributed by atoms with Crippen LogP contribution in [0.2, 0.25) is 5.15 Å². The minimum Gasteiger partial charge on any atom is -0.242 e. The molecule has 0 aromatic carbocycles. The summed E-state index contributed by atoms with van der Waals surface area (Å²) in [6.07, 6.45) is 1.59. The molecule has 0 bridgehead atoms. The average Bonchev–Trinajstić information content (AvgIpc) is 1.80. The molecule has 1 nitrogen and oxygen atoms in total. The minimum absolute atomic E-state index is 0.466. The van der Waals surface area contributed by atoms with Crippen LogP contribution >= 0.6 is 40.2 Å². The van der Waals surface area contributed by atoms with Gasteiger partial charge < -0.3 is 0 Å². The number of thiol groups is 1. The van der Waals surface area contributed by atoms with E-state index in [1.165, 1.54) is 0 Å². The van der Waals surface area contributed by atoms with E-state index in [2.05, 4.69) is 33.5 Å². The summed E-state index contributed by atoms with van der Waals surface area (Å²) in [5.41, 5.74) is 0. The van der Waals surface area contributed by atoms with Crippen molar-refractivity contribution < 1.29 is 0 Å². The van der Waals surface area contributed by atoms with Gasteiger partial charge in [0.15, 0.2) is 0 Å². The van der Waals surface area contributed by atoms with E-state index in [4.69, 9.17) is 11.6 Å². The molecular weight excluding hydrogens is 221 g/mol. The largest absolute Gasteiger partial charge is 0.242 e. The highest BCUT2D eigenvalue weighted by Crippen LogP contribution is 2.21. The number of halogens is 2. The number of nitrogens with zero attached hydrogens (tertiary/aromatic N) is 1. The molecule has 9 heavy (non-hydrogen) atoms. The van der Waals surface area contributed by atoms with Crippen molar-refractivity contribution in [3.8, 4) is 0 Å². The lowest BCUT2D eigenvalue weighted by atomic mass is 10.5. The summed E-state index contributed by atoms with van der Waals surface area (Å²) in [4.78, 5) is 4.62. The van der Waals surface area contributed by atoms with Gasteiger partial charge in [0, 0.05) is 11.1 Å².